The van der Waals surface area contributed by atoms with Crippen molar-refractivity contribution in [3.8, 4) is 5.75 Å². The number of allylic oxidation sites excluding steroid dienone is 2. The normalized spacial score (nSPS) is 27.5. The Bertz CT molecular complexity index is 1020. The van der Waals surface area contributed by atoms with Crippen LogP contribution in [0.5, 0.6) is 5.75 Å². The fraction of sp³-hybridized carbons (Fsp3) is 0.556. The average Bonchev–Trinajstić information content (AvgIpc) is 3.02. The molecule has 6 nitrogen and oxygen atoms in total. The van der Waals surface area contributed by atoms with E-state index in [2.05, 4.69) is 20.8 Å². The average molecular weight is 465 g/mol. The van der Waals surface area contributed by atoms with Crippen LogP contribution in [0.4, 0.5) is 0 Å². The number of nitrogens with zero attached hydrogens (tertiary/aromatic N) is 1. The molecule has 0 spiro atoms. The molecule has 0 radical (unpaired) electrons. The number of benzene rings is 1. The predicted octanol–water partition coefficient (Wildman–Crippen LogP) is 4.44. The Morgan fingerprint density at radius 1 is 1.26 bits per heavy atom. The van der Waals surface area contributed by atoms with Gasteiger partial charge in [-0.15, -0.1) is 0 Å². The van der Waals surface area contributed by atoms with Crippen molar-refractivity contribution >= 4 is 25.0 Å². The number of carbonyl (C=O) groups is 2. The van der Waals surface area contributed by atoms with Gasteiger partial charge in [-0.05, 0) is 74.0 Å². The largest absolute Gasteiger partial charge is 0.508 e. The molecule has 2 aliphatic heterocycles. The number of phenolic OH excluding ortho intramolecular Hbond substituents is 1. The lowest BCUT2D eigenvalue weighted by Gasteiger charge is -2.44. The number of aromatic hydroxyl groups is 1. The van der Waals surface area contributed by atoms with E-state index in [0.717, 1.165) is 29.6 Å². The van der Waals surface area contributed by atoms with Gasteiger partial charge in [0.25, 0.3) is 0 Å². The van der Waals surface area contributed by atoms with Crippen LogP contribution in [0.2, 0.25) is 6.32 Å². The summed E-state index contributed by atoms with van der Waals surface area (Å²) >= 11 is 0. The number of amides is 2. The van der Waals surface area contributed by atoms with Gasteiger partial charge in [0.05, 0.1) is 17.9 Å². The van der Waals surface area contributed by atoms with Gasteiger partial charge in [-0.2, -0.15) is 0 Å². The summed E-state index contributed by atoms with van der Waals surface area (Å²) in [6.45, 7) is 8.77. The van der Waals surface area contributed by atoms with Gasteiger partial charge in [0.15, 0.2) is 0 Å². The van der Waals surface area contributed by atoms with Crippen molar-refractivity contribution < 1.29 is 24.4 Å². The molecule has 34 heavy (non-hydrogen) atoms. The van der Waals surface area contributed by atoms with Crippen LogP contribution >= 0.6 is 0 Å². The van der Waals surface area contributed by atoms with Crippen molar-refractivity contribution in [3.63, 3.8) is 0 Å². The molecule has 3 aliphatic rings. The number of hydrogen-bond acceptors (Lipinski definition) is 5. The van der Waals surface area contributed by atoms with E-state index in [4.69, 9.17) is 4.65 Å². The summed E-state index contributed by atoms with van der Waals surface area (Å²) in [6.07, 6.45) is 4.94. The molecule has 1 aliphatic carbocycles. The Morgan fingerprint density at radius 3 is 2.71 bits per heavy atom. The molecule has 4 rings (SSSR count). The van der Waals surface area contributed by atoms with Gasteiger partial charge in [-0.3, -0.25) is 14.5 Å². The standard InChI is InChI=1S/C27H36BNO5/c1-5-11-29-26(31)21-14-20(16(2)3)24-22(25(21)27(29)32)15-28(33)34-23(24)10-9-17(4)12-18-7-6-8-19(30)13-18/h6-8,12-13,16,21-23,25,30,33H,5,9-11,14-15H2,1-4H3/b17-12+/t21-,22+,23-,25-/m1/s1. The van der Waals surface area contributed by atoms with E-state index in [1.807, 2.05) is 25.1 Å². The van der Waals surface area contributed by atoms with Crippen molar-refractivity contribution in [2.75, 3.05) is 6.54 Å². The van der Waals surface area contributed by atoms with Gasteiger partial charge >= 0.3 is 7.12 Å². The fourth-order valence-corrected chi connectivity index (χ4v) is 6.09. The van der Waals surface area contributed by atoms with E-state index in [0.29, 0.717) is 25.7 Å². The zero-order valence-corrected chi connectivity index (χ0v) is 20.7. The Labute approximate surface area is 202 Å². The maximum Gasteiger partial charge on any atom is 0.455 e. The minimum atomic E-state index is -0.940. The van der Waals surface area contributed by atoms with Gasteiger partial charge in [-0.1, -0.05) is 50.1 Å². The van der Waals surface area contributed by atoms with Crippen LogP contribution in [-0.4, -0.2) is 46.6 Å². The molecule has 0 aromatic heterocycles. The lowest BCUT2D eigenvalue weighted by Crippen LogP contribution is -2.46. The van der Waals surface area contributed by atoms with Gasteiger partial charge in [0.2, 0.25) is 11.8 Å². The minimum Gasteiger partial charge on any atom is -0.508 e. The maximum absolute atomic E-state index is 13.3. The van der Waals surface area contributed by atoms with Crippen LogP contribution in [0, 0.1) is 23.7 Å². The molecule has 182 valence electrons. The number of rotatable bonds is 7. The number of hydrogen-bond donors (Lipinski definition) is 2. The molecule has 0 unspecified atom stereocenters. The van der Waals surface area contributed by atoms with Crippen molar-refractivity contribution in [1.82, 2.24) is 4.90 Å². The molecule has 1 aromatic carbocycles. The number of likely N-dealkylation sites (tertiary alicyclic amines) is 1. The summed E-state index contributed by atoms with van der Waals surface area (Å²) in [5, 5.41) is 20.3. The summed E-state index contributed by atoms with van der Waals surface area (Å²) in [5.74, 6) is -0.499. The van der Waals surface area contributed by atoms with Crippen LogP contribution in [0.15, 0.2) is 41.0 Å². The van der Waals surface area contributed by atoms with E-state index < -0.39 is 7.12 Å². The Kier molecular flexibility index (Phi) is 7.34. The highest BCUT2D eigenvalue weighted by Gasteiger charge is 2.57. The number of carbonyl (C=O) groups excluding carboxylic acids is 2. The van der Waals surface area contributed by atoms with Crippen LogP contribution in [0.3, 0.4) is 0 Å². The first-order valence-electron chi connectivity index (χ1n) is 12.6. The quantitative estimate of drug-likeness (QED) is 0.353. The van der Waals surface area contributed by atoms with Gasteiger partial charge in [0, 0.05) is 6.54 Å². The third-order valence-electron chi connectivity index (χ3n) is 7.56. The molecule has 2 heterocycles. The van der Waals surface area contributed by atoms with Crippen LogP contribution in [-0.2, 0) is 14.2 Å². The molecule has 2 N–H and O–H groups in total. The lowest BCUT2D eigenvalue weighted by atomic mass is 9.57. The third kappa shape index (κ3) is 4.73. The highest BCUT2D eigenvalue weighted by molar-refractivity contribution is 6.43. The smallest absolute Gasteiger partial charge is 0.455 e. The fourth-order valence-electron chi connectivity index (χ4n) is 6.09. The first kappa shape index (κ1) is 24.7. The second-order valence-electron chi connectivity index (χ2n) is 10.3. The summed E-state index contributed by atoms with van der Waals surface area (Å²) < 4.78 is 6.06. The molecule has 7 heteroatoms. The highest BCUT2D eigenvalue weighted by Crippen LogP contribution is 2.52. The van der Waals surface area contributed by atoms with E-state index in [1.165, 1.54) is 10.5 Å². The molecule has 2 amide bonds. The first-order chi connectivity index (χ1) is 16.2. The SMILES string of the molecule is CCCN1C(=O)[C@@H]2[C@@H](CC(C(C)C)=C3[C@@H](CC/C(C)=C/c4cccc(O)c4)OB(O)C[C@@H]32)C1=O. The summed E-state index contributed by atoms with van der Waals surface area (Å²) in [7, 11) is -0.940. The summed E-state index contributed by atoms with van der Waals surface area (Å²) in [5.41, 5.74) is 4.45. The van der Waals surface area contributed by atoms with E-state index in [1.54, 1.807) is 12.1 Å². The zero-order valence-electron chi connectivity index (χ0n) is 20.7. The zero-order chi connectivity index (χ0) is 24.6. The van der Waals surface area contributed by atoms with Crippen LogP contribution in [0.25, 0.3) is 6.08 Å². The number of phenols is 1. The second-order valence-corrected chi connectivity index (χ2v) is 10.3. The summed E-state index contributed by atoms with van der Waals surface area (Å²) in [4.78, 5) is 27.9. The number of imide groups is 1. The second kappa shape index (κ2) is 10.1. The van der Waals surface area contributed by atoms with E-state index in [-0.39, 0.29) is 47.3 Å². The predicted molar refractivity (Wildman–Crippen MR) is 133 cm³/mol. The Balaban J connectivity index is 1.61. The van der Waals surface area contributed by atoms with E-state index in [9.17, 15) is 19.7 Å². The molecule has 2 saturated heterocycles. The van der Waals surface area contributed by atoms with Gasteiger partial charge < -0.3 is 14.8 Å². The Hall–Kier alpha value is -2.38. The number of fused-ring (bicyclic) bond motifs is 3. The first-order valence-corrected chi connectivity index (χ1v) is 12.6. The summed E-state index contributed by atoms with van der Waals surface area (Å²) in [6, 6.07) is 7.15. The monoisotopic (exact) mass is 465 g/mol. The minimum absolute atomic E-state index is 0.0449. The molecular weight excluding hydrogens is 429 g/mol. The highest BCUT2D eigenvalue weighted by atomic mass is 16.5. The third-order valence-corrected chi connectivity index (χ3v) is 7.56. The van der Waals surface area contributed by atoms with Crippen molar-refractivity contribution in [1.29, 1.82) is 0 Å². The molecule has 4 atom stereocenters. The maximum atomic E-state index is 13.3. The van der Waals surface area contributed by atoms with Crippen molar-refractivity contribution in [2.45, 2.75) is 65.8 Å². The molecule has 2 fully saturated rings. The van der Waals surface area contributed by atoms with E-state index >= 15 is 0 Å². The molecule has 0 saturated carbocycles. The van der Waals surface area contributed by atoms with Crippen molar-refractivity contribution in [2.24, 2.45) is 23.7 Å². The topological polar surface area (TPSA) is 87.1 Å². The van der Waals surface area contributed by atoms with Crippen LogP contribution in [0.1, 0.15) is 58.9 Å². The molecule has 1 aromatic rings. The van der Waals surface area contributed by atoms with Gasteiger partial charge in [0.1, 0.15) is 5.75 Å². The molecular formula is C27H36BNO5. The van der Waals surface area contributed by atoms with Crippen LogP contribution < -0.4 is 0 Å². The Morgan fingerprint density at radius 2 is 2.03 bits per heavy atom. The molecule has 0 bridgehead atoms. The lowest BCUT2D eigenvalue weighted by molar-refractivity contribution is -0.140. The van der Waals surface area contributed by atoms with Gasteiger partial charge in [-0.25, -0.2) is 0 Å². The van der Waals surface area contributed by atoms with Crippen molar-refractivity contribution in [3.05, 3.63) is 46.5 Å².